The van der Waals surface area contributed by atoms with Crippen LogP contribution >= 0.6 is 141 Å². The van der Waals surface area contributed by atoms with Gasteiger partial charge in [-0.05, 0) is 0 Å². The van der Waals surface area contributed by atoms with Crippen LogP contribution < -0.4 is 0 Å². The van der Waals surface area contributed by atoms with Crippen LogP contribution in [0.5, 0.6) is 0 Å². The van der Waals surface area contributed by atoms with Gasteiger partial charge in [-0.2, -0.15) is 0 Å². The Balaban J connectivity index is 1.18. The van der Waals surface area contributed by atoms with Crippen LogP contribution in [0.4, 0.5) is 0 Å². The van der Waals surface area contributed by atoms with Crippen molar-refractivity contribution in [3.05, 3.63) is 25.4 Å². The molecule has 0 radical (unpaired) electrons. The van der Waals surface area contributed by atoms with Crippen LogP contribution in [0.25, 0.3) is 0 Å². The van der Waals surface area contributed by atoms with Crippen LogP contribution in [0.2, 0.25) is 0 Å². The lowest BCUT2D eigenvalue weighted by molar-refractivity contribution is 1.30. The van der Waals surface area contributed by atoms with E-state index in [1.165, 1.54) is 23.0 Å². The fourth-order valence-corrected chi connectivity index (χ4v) is 24.3. The summed E-state index contributed by atoms with van der Waals surface area (Å²) < 4.78 is 12.5. The van der Waals surface area contributed by atoms with Gasteiger partial charge in [-0.1, -0.05) is 47.0 Å². The molecule has 140 valence electrons. The fraction of sp³-hybridized carbons (Fsp3) is 0.571. The summed E-state index contributed by atoms with van der Waals surface area (Å²) in [6.45, 7) is 0. The Morgan fingerprint density at radius 1 is 0.385 bits per heavy atom. The standard InChI is InChI=1S/C14H12S12/c1-2-16-6-5(15-1)19-9-10(20-6)24-13(23-9)14-25-11-12(26-14)22-8-7(21-11)17-3-4-18-8/h5-8H,1-4H2. The minimum atomic E-state index is 0.758. The van der Waals surface area contributed by atoms with Gasteiger partial charge < -0.3 is 0 Å². The van der Waals surface area contributed by atoms with E-state index in [4.69, 9.17) is 0 Å². The van der Waals surface area contributed by atoms with Crippen molar-refractivity contribution in [2.45, 2.75) is 18.3 Å². The molecule has 6 heterocycles. The van der Waals surface area contributed by atoms with Crippen LogP contribution in [0.3, 0.4) is 0 Å². The second kappa shape index (κ2) is 8.75. The third-order valence-corrected chi connectivity index (χ3v) is 24.2. The van der Waals surface area contributed by atoms with Crippen molar-refractivity contribution in [1.29, 1.82) is 0 Å². The van der Waals surface area contributed by atoms with E-state index in [1.54, 1.807) is 25.4 Å². The van der Waals surface area contributed by atoms with Crippen LogP contribution in [-0.2, 0) is 0 Å². The zero-order chi connectivity index (χ0) is 17.1. The molecule has 12 heteroatoms. The van der Waals surface area contributed by atoms with E-state index in [-0.39, 0.29) is 0 Å². The predicted octanol–water partition coefficient (Wildman–Crippen LogP) is 8.55. The molecule has 2 fully saturated rings. The Labute approximate surface area is 205 Å². The molecule has 0 N–H and O–H groups in total. The van der Waals surface area contributed by atoms with Gasteiger partial charge in [0.25, 0.3) is 0 Å². The molecule has 0 aromatic heterocycles. The Morgan fingerprint density at radius 2 is 0.654 bits per heavy atom. The lowest BCUT2D eigenvalue weighted by Crippen LogP contribution is -2.21. The SMILES string of the molecule is C1CSC2SC3=C(SC(=C4SC5=C(S4)SC4SCCSC4S5)S3)SC2S1. The number of fused-ring (bicyclic) bond motifs is 2. The molecular weight excluding hydrogens is 553 g/mol. The van der Waals surface area contributed by atoms with Crippen molar-refractivity contribution in [3.8, 4) is 0 Å². The Morgan fingerprint density at radius 3 is 0.923 bits per heavy atom. The molecule has 6 aliphatic heterocycles. The summed E-state index contributed by atoms with van der Waals surface area (Å²) in [4.78, 5) is 0. The molecule has 4 atom stereocenters. The van der Waals surface area contributed by atoms with Crippen molar-refractivity contribution in [1.82, 2.24) is 0 Å². The summed E-state index contributed by atoms with van der Waals surface area (Å²) in [5.41, 5.74) is 0. The minimum Gasteiger partial charge on any atom is -0.144 e. The van der Waals surface area contributed by atoms with E-state index < -0.39 is 0 Å². The smallest absolute Gasteiger partial charge is 0.0769 e. The highest BCUT2D eigenvalue weighted by Gasteiger charge is 2.42. The van der Waals surface area contributed by atoms with Crippen molar-refractivity contribution >= 4 is 141 Å². The van der Waals surface area contributed by atoms with E-state index in [0.29, 0.717) is 0 Å². The first-order valence-corrected chi connectivity index (χ1v) is 18.9. The second-order valence-corrected chi connectivity index (χ2v) is 22.0. The number of hydrogen-bond acceptors (Lipinski definition) is 12. The third kappa shape index (κ3) is 3.97. The summed E-state index contributed by atoms with van der Waals surface area (Å²) in [6.07, 6.45) is 0. The molecule has 6 aliphatic rings. The fourth-order valence-electron chi connectivity index (χ4n) is 2.75. The lowest BCUT2D eigenvalue weighted by atomic mass is 10.9. The predicted molar refractivity (Wildman–Crippen MR) is 147 cm³/mol. The van der Waals surface area contributed by atoms with Gasteiger partial charge in [-0.25, -0.2) is 0 Å². The summed E-state index contributed by atoms with van der Waals surface area (Å²) in [6, 6.07) is 0. The number of rotatable bonds is 0. The van der Waals surface area contributed by atoms with Crippen LogP contribution in [0, 0.1) is 0 Å². The molecule has 4 unspecified atom stereocenters. The average molecular weight is 565 g/mol. The Bertz CT molecular complexity index is 609. The molecule has 0 aromatic rings. The zero-order valence-corrected chi connectivity index (χ0v) is 22.8. The molecule has 0 spiro atoms. The highest BCUT2D eigenvalue weighted by molar-refractivity contribution is 8.48. The van der Waals surface area contributed by atoms with Gasteiger partial charge in [0.2, 0.25) is 0 Å². The molecule has 2 saturated heterocycles. The molecular formula is C14H12S12. The summed E-state index contributed by atoms with van der Waals surface area (Å²) in [5, 5.41) is 0. The van der Waals surface area contributed by atoms with Crippen molar-refractivity contribution in [3.63, 3.8) is 0 Å². The van der Waals surface area contributed by atoms with Crippen molar-refractivity contribution in [2.24, 2.45) is 0 Å². The number of thioether (sulfide) groups is 12. The van der Waals surface area contributed by atoms with E-state index in [9.17, 15) is 0 Å². The molecule has 26 heavy (non-hydrogen) atoms. The highest BCUT2D eigenvalue weighted by Crippen LogP contribution is 2.72. The molecule has 0 amide bonds. The lowest BCUT2D eigenvalue weighted by Gasteiger charge is -2.32. The molecule has 0 saturated carbocycles. The average Bonchev–Trinajstić information content (AvgIpc) is 3.27. The molecule has 0 aromatic carbocycles. The first-order valence-electron chi connectivity index (χ1n) is 7.91. The molecule has 0 aliphatic carbocycles. The van der Waals surface area contributed by atoms with E-state index in [0.717, 1.165) is 18.3 Å². The monoisotopic (exact) mass is 564 g/mol. The Hall–Kier alpha value is 3.42. The molecule has 0 nitrogen and oxygen atoms in total. The number of hydrogen-bond donors (Lipinski definition) is 0. The van der Waals surface area contributed by atoms with Crippen LogP contribution in [0.1, 0.15) is 0 Å². The van der Waals surface area contributed by atoms with E-state index in [2.05, 4.69) is 141 Å². The van der Waals surface area contributed by atoms with E-state index >= 15 is 0 Å². The maximum atomic E-state index is 2.18. The third-order valence-electron chi connectivity index (χ3n) is 3.87. The minimum absolute atomic E-state index is 0.758. The topological polar surface area (TPSA) is 0 Å². The van der Waals surface area contributed by atoms with Crippen LogP contribution in [-0.4, -0.2) is 41.3 Å². The van der Waals surface area contributed by atoms with Gasteiger partial charge in [0.15, 0.2) is 0 Å². The summed E-state index contributed by atoms with van der Waals surface area (Å²) in [5.74, 6) is 5.29. The maximum absolute atomic E-state index is 2.18. The summed E-state index contributed by atoms with van der Waals surface area (Å²) >= 11 is 25.6. The normalized spacial score (nSPS) is 39.7. The van der Waals surface area contributed by atoms with Crippen molar-refractivity contribution in [2.75, 3.05) is 23.0 Å². The van der Waals surface area contributed by atoms with Gasteiger partial charge in [0, 0.05) is 23.0 Å². The quantitative estimate of drug-likeness (QED) is 0.277. The van der Waals surface area contributed by atoms with Gasteiger partial charge in [0.05, 0.1) is 43.8 Å². The molecule has 0 bridgehead atoms. The molecule has 6 rings (SSSR count). The second-order valence-electron chi connectivity index (χ2n) is 5.56. The van der Waals surface area contributed by atoms with Gasteiger partial charge in [-0.3, -0.25) is 0 Å². The Kier molecular flexibility index (Phi) is 6.75. The first-order chi connectivity index (χ1) is 12.8. The van der Waals surface area contributed by atoms with Crippen LogP contribution in [0.15, 0.2) is 25.4 Å². The van der Waals surface area contributed by atoms with E-state index in [1.807, 2.05) is 0 Å². The highest BCUT2D eigenvalue weighted by atomic mass is 32.3. The van der Waals surface area contributed by atoms with Gasteiger partial charge in [0.1, 0.15) is 0 Å². The maximum Gasteiger partial charge on any atom is 0.0769 e. The van der Waals surface area contributed by atoms with Crippen molar-refractivity contribution < 1.29 is 0 Å². The summed E-state index contributed by atoms with van der Waals surface area (Å²) in [7, 11) is 0. The largest absolute Gasteiger partial charge is 0.144 e. The van der Waals surface area contributed by atoms with Gasteiger partial charge >= 0.3 is 0 Å². The zero-order valence-electron chi connectivity index (χ0n) is 13.0. The first kappa shape index (κ1) is 20.1. The van der Waals surface area contributed by atoms with Gasteiger partial charge in [-0.15, -0.1) is 94.1 Å².